The smallest absolute Gasteiger partial charge is 0.407 e. The average Bonchev–Trinajstić information content (AvgIpc) is 2.33. The maximum Gasteiger partial charge on any atom is 0.407 e. The summed E-state index contributed by atoms with van der Waals surface area (Å²) in [6.45, 7) is 5.84. The van der Waals surface area contributed by atoms with Gasteiger partial charge in [0.15, 0.2) is 6.29 Å². The van der Waals surface area contributed by atoms with Crippen molar-refractivity contribution in [2.75, 3.05) is 6.54 Å². The Morgan fingerprint density at radius 1 is 1.40 bits per heavy atom. The molecule has 0 aliphatic carbocycles. The van der Waals surface area contributed by atoms with E-state index >= 15 is 0 Å². The van der Waals surface area contributed by atoms with Crippen LogP contribution in [0.15, 0.2) is 16.9 Å². The first-order valence-electron chi connectivity index (χ1n) is 6.46. The highest BCUT2D eigenvalue weighted by Crippen LogP contribution is 2.06. The normalized spacial score (nSPS) is 10.9. The third kappa shape index (κ3) is 5.69. The second kappa shape index (κ2) is 6.88. The van der Waals surface area contributed by atoms with Crippen LogP contribution in [0.25, 0.3) is 0 Å². The van der Waals surface area contributed by atoms with Crippen molar-refractivity contribution in [2.45, 2.75) is 39.2 Å². The number of aromatic amines is 1. The number of aromatic nitrogens is 1. The summed E-state index contributed by atoms with van der Waals surface area (Å²) in [6.07, 6.45) is 1.33. The topological polar surface area (TPSA) is 88.3 Å². The lowest BCUT2D eigenvalue weighted by molar-refractivity contribution is 0.0527. The molecule has 1 aromatic heterocycles. The van der Waals surface area contributed by atoms with Crippen LogP contribution in [-0.2, 0) is 11.2 Å². The summed E-state index contributed by atoms with van der Waals surface area (Å²) in [7, 11) is 0. The molecular weight excluding hydrogens is 260 g/mol. The predicted molar refractivity (Wildman–Crippen MR) is 75.0 cm³/mol. The molecule has 0 spiro atoms. The number of hydrogen-bond donors (Lipinski definition) is 2. The highest BCUT2D eigenvalue weighted by atomic mass is 16.6. The van der Waals surface area contributed by atoms with Gasteiger partial charge in [0.1, 0.15) is 5.60 Å². The zero-order chi connectivity index (χ0) is 15.2. The van der Waals surface area contributed by atoms with Gasteiger partial charge in [-0.1, -0.05) is 0 Å². The third-order valence-electron chi connectivity index (χ3n) is 2.42. The van der Waals surface area contributed by atoms with E-state index in [1.165, 1.54) is 6.07 Å². The highest BCUT2D eigenvalue weighted by molar-refractivity contribution is 5.73. The number of ether oxygens (including phenoxy) is 1. The van der Waals surface area contributed by atoms with Gasteiger partial charge in [-0.2, -0.15) is 0 Å². The molecule has 0 saturated carbocycles. The summed E-state index contributed by atoms with van der Waals surface area (Å²) in [5.41, 5.74) is -0.0650. The Labute approximate surface area is 117 Å². The number of amides is 1. The fourth-order valence-corrected chi connectivity index (χ4v) is 1.55. The fraction of sp³-hybridized carbons (Fsp3) is 0.500. The Hall–Kier alpha value is -2.11. The summed E-state index contributed by atoms with van der Waals surface area (Å²) in [6, 6.07) is 3.18. The Balaban J connectivity index is 2.35. The minimum Gasteiger partial charge on any atom is -0.444 e. The highest BCUT2D eigenvalue weighted by Gasteiger charge is 2.15. The number of pyridine rings is 1. The quantitative estimate of drug-likeness (QED) is 0.634. The van der Waals surface area contributed by atoms with Crippen molar-refractivity contribution in [1.29, 1.82) is 0 Å². The predicted octanol–water partition coefficient (Wildman–Crippen LogP) is 1.64. The Kier molecular flexibility index (Phi) is 5.49. The van der Waals surface area contributed by atoms with E-state index in [9.17, 15) is 14.4 Å². The first-order valence-corrected chi connectivity index (χ1v) is 6.46. The van der Waals surface area contributed by atoms with Crippen LogP contribution in [0, 0.1) is 0 Å². The Bertz CT molecular complexity index is 529. The van der Waals surface area contributed by atoms with E-state index < -0.39 is 17.3 Å². The van der Waals surface area contributed by atoms with Crippen molar-refractivity contribution in [3.05, 3.63) is 33.7 Å². The van der Waals surface area contributed by atoms with Crippen molar-refractivity contribution in [3.8, 4) is 0 Å². The van der Waals surface area contributed by atoms with Gasteiger partial charge >= 0.3 is 6.09 Å². The molecule has 0 fully saturated rings. The van der Waals surface area contributed by atoms with Crippen LogP contribution in [0.4, 0.5) is 4.79 Å². The first kappa shape index (κ1) is 15.9. The summed E-state index contributed by atoms with van der Waals surface area (Å²) in [5, 5.41) is 2.64. The lowest BCUT2D eigenvalue weighted by atomic mass is 10.2. The van der Waals surface area contributed by atoms with Crippen LogP contribution in [-0.4, -0.2) is 29.5 Å². The molecule has 1 aromatic rings. The number of H-pyrrole nitrogens is 1. The molecular formula is C14H20N2O4. The van der Waals surface area contributed by atoms with Crippen LogP contribution in [0.3, 0.4) is 0 Å². The minimum absolute atomic E-state index is 0.112. The van der Waals surface area contributed by atoms with Crippen LogP contribution >= 0.6 is 0 Å². The van der Waals surface area contributed by atoms with E-state index in [1.807, 2.05) is 0 Å². The van der Waals surface area contributed by atoms with Crippen LogP contribution in [0.2, 0.25) is 0 Å². The Morgan fingerprint density at radius 3 is 2.65 bits per heavy atom. The van der Waals surface area contributed by atoms with E-state index in [-0.39, 0.29) is 5.56 Å². The molecule has 1 amide bonds. The van der Waals surface area contributed by atoms with Crippen molar-refractivity contribution in [3.63, 3.8) is 0 Å². The lowest BCUT2D eigenvalue weighted by Crippen LogP contribution is -2.33. The molecule has 1 heterocycles. The zero-order valence-corrected chi connectivity index (χ0v) is 12.0. The largest absolute Gasteiger partial charge is 0.444 e. The van der Waals surface area contributed by atoms with Crippen LogP contribution in [0.5, 0.6) is 0 Å². The van der Waals surface area contributed by atoms with Crippen molar-refractivity contribution in [1.82, 2.24) is 10.3 Å². The molecule has 0 aliphatic rings. The molecule has 6 heteroatoms. The molecule has 110 valence electrons. The minimum atomic E-state index is -0.514. The number of hydrogen-bond acceptors (Lipinski definition) is 4. The van der Waals surface area contributed by atoms with E-state index in [1.54, 1.807) is 26.8 Å². The van der Waals surface area contributed by atoms with E-state index in [4.69, 9.17) is 4.74 Å². The van der Waals surface area contributed by atoms with E-state index in [0.717, 1.165) is 5.69 Å². The second-order valence-electron chi connectivity index (χ2n) is 5.42. The number of aldehydes is 1. The van der Waals surface area contributed by atoms with Gasteiger partial charge in [-0.15, -0.1) is 0 Å². The standard InChI is InChI=1S/C14H20N2O4/c1-14(2,3)20-13(19)15-8-4-5-11-7-6-10(9-17)12(18)16-11/h6-7,9H,4-5,8H2,1-3H3,(H,15,19)(H,16,18). The maximum absolute atomic E-state index is 11.4. The molecule has 0 radical (unpaired) electrons. The molecule has 0 saturated heterocycles. The number of aryl methyl sites for hydroxylation is 1. The van der Waals surface area contributed by atoms with Gasteiger partial charge in [0.2, 0.25) is 0 Å². The summed E-state index contributed by atoms with van der Waals surface area (Å²) < 4.78 is 5.09. The third-order valence-corrected chi connectivity index (χ3v) is 2.42. The molecule has 1 rings (SSSR count). The van der Waals surface area contributed by atoms with Gasteiger partial charge in [0, 0.05) is 12.2 Å². The van der Waals surface area contributed by atoms with Crippen molar-refractivity contribution >= 4 is 12.4 Å². The average molecular weight is 280 g/mol. The molecule has 0 aromatic carbocycles. The monoisotopic (exact) mass is 280 g/mol. The van der Waals surface area contributed by atoms with Gasteiger partial charge in [-0.25, -0.2) is 4.79 Å². The summed E-state index contributed by atoms with van der Waals surface area (Å²) in [4.78, 5) is 35.9. The molecule has 6 nitrogen and oxygen atoms in total. The number of carbonyl (C=O) groups is 2. The molecule has 0 aliphatic heterocycles. The van der Waals surface area contributed by atoms with Crippen LogP contribution < -0.4 is 10.9 Å². The molecule has 0 bridgehead atoms. The van der Waals surface area contributed by atoms with Gasteiger partial charge < -0.3 is 15.0 Å². The van der Waals surface area contributed by atoms with E-state index in [2.05, 4.69) is 10.3 Å². The van der Waals surface area contributed by atoms with Crippen molar-refractivity contribution in [2.24, 2.45) is 0 Å². The fourth-order valence-electron chi connectivity index (χ4n) is 1.55. The summed E-state index contributed by atoms with van der Waals surface area (Å²) in [5.74, 6) is 0. The second-order valence-corrected chi connectivity index (χ2v) is 5.42. The molecule has 0 atom stereocenters. The van der Waals surface area contributed by atoms with Crippen LogP contribution in [0.1, 0.15) is 43.2 Å². The van der Waals surface area contributed by atoms with Gasteiger partial charge in [-0.05, 0) is 45.7 Å². The summed E-state index contributed by atoms with van der Waals surface area (Å²) >= 11 is 0. The van der Waals surface area contributed by atoms with Crippen molar-refractivity contribution < 1.29 is 14.3 Å². The molecule has 0 unspecified atom stereocenters. The lowest BCUT2D eigenvalue weighted by Gasteiger charge is -2.19. The van der Waals surface area contributed by atoms with Gasteiger partial charge in [-0.3, -0.25) is 9.59 Å². The SMILES string of the molecule is CC(C)(C)OC(=O)NCCCc1ccc(C=O)c(=O)[nH]1. The first-order chi connectivity index (χ1) is 9.31. The molecule has 2 N–H and O–H groups in total. The Morgan fingerprint density at radius 2 is 2.10 bits per heavy atom. The van der Waals surface area contributed by atoms with Gasteiger partial charge in [0.25, 0.3) is 5.56 Å². The maximum atomic E-state index is 11.4. The number of carbonyl (C=O) groups excluding carboxylic acids is 2. The number of alkyl carbamates (subject to hydrolysis) is 1. The van der Waals surface area contributed by atoms with E-state index in [0.29, 0.717) is 25.7 Å². The number of rotatable bonds is 5. The van der Waals surface area contributed by atoms with Gasteiger partial charge in [0.05, 0.1) is 5.56 Å². The zero-order valence-electron chi connectivity index (χ0n) is 12.0. The molecule has 20 heavy (non-hydrogen) atoms. The number of nitrogens with one attached hydrogen (secondary N) is 2.